The number of thiophene rings is 1. The first-order chi connectivity index (χ1) is 13.7. The normalized spacial score (nSPS) is 16.2. The van der Waals surface area contributed by atoms with Crippen LogP contribution in [0, 0.1) is 0 Å². The summed E-state index contributed by atoms with van der Waals surface area (Å²) in [7, 11) is -3.52. The molecule has 8 heteroatoms. The molecule has 1 aromatic heterocycles. The number of hydrogen-bond acceptors (Lipinski definition) is 5. The van der Waals surface area contributed by atoms with Gasteiger partial charge < -0.3 is 4.90 Å². The molecule has 1 aliphatic rings. The van der Waals surface area contributed by atoms with Gasteiger partial charge >= 0.3 is 0 Å². The third-order valence-electron chi connectivity index (χ3n) is 5.18. The molecule has 1 fully saturated rings. The van der Waals surface area contributed by atoms with Gasteiger partial charge in [-0.25, -0.2) is 13.1 Å². The van der Waals surface area contributed by atoms with Crippen molar-refractivity contribution in [3.8, 4) is 0 Å². The summed E-state index contributed by atoms with van der Waals surface area (Å²) in [5, 5.41) is 3.78. The summed E-state index contributed by atoms with van der Waals surface area (Å²) in [5.74, 6) is 0.0744. The highest BCUT2D eigenvalue weighted by Crippen LogP contribution is 2.23. The van der Waals surface area contributed by atoms with Crippen molar-refractivity contribution in [2.75, 3.05) is 39.3 Å². The van der Waals surface area contributed by atoms with Crippen molar-refractivity contribution >= 4 is 27.3 Å². The number of nitrogens with one attached hydrogen (secondary N) is 1. The van der Waals surface area contributed by atoms with E-state index in [0.717, 1.165) is 24.2 Å². The van der Waals surface area contributed by atoms with E-state index in [4.69, 9.17) is 0 Å². The van der Waals surface area contributed by atoms with Gasteiger partial charge in [-0.3, -0.25) is 9.69 Å². The number of nitrogens with zero attached hydrogens (tertiary/aromatic N) is 2. The van der Waals surface area contributed by atoms with Gasteiger partial charge in [0, 0.05) is 44.6 Å². The van der Waals surface area contributed by atoms with E-state index in [1.165, 1.54) is 11.3 Å². The van der Waals surface area contributed by atoms with E-state index in [1.54, 1.807) is 12.1 Å². The smallest absolute Gasteiger partial charge is 0.254 e. The molecule has 1 aromatic carbocycles. The quantitative estimate of drug-likeness (QED) is 0.758. The maximum atomic E-state index is 12.5. The molecule has 1 amide bonds. The SMILES string of the molecule is CC(C)(C)c1ccc(S(=O)(=O)NCCN2CCN(C(=O)c3ccsc3)CC2)cc1. The zero-order valence-corrected chi connectivity index (χ0v) is 18.9. The number of carbonyl (C=O) groups is 1. The van der Waals surface area contributed by atoms with Crippen LogP contribution in [0.25, 0.3) is 0 Å². The van der Waals surface area contributed by atoms with Crippen LogP contribution in [-0.4, -0.2) is 63.4 Å². The zero-order valence-electron chi connectivity index (χ0n) is 17.2. The molecule has 1 N–H and O–H groups in total. The minimum atomic E-state index is -3.52. The van der Waals surface area contributed by atoms with Gasteiger partial charge in [0.15, 0.2) is 0 Å². The van der Waals surface area contributed by atoms with E-state index in [0.29, 0.717) is 26.2 Å². The lowest BCUT2D eigenvalue weighted by atomic mass is 9.87. The highest BCUT2D eigenvalue weighted by atomic mass is 32.2. The van der Waals surface area contributed by atoms with Crippen LogP contribution >= 0.6 is 11.3 Å². The lowest BCUT2D eigenvalue weighted by molar-refractivity contribution is 0.0640. The molecule has 158 valence electrons. The topological polar surface area (TPSA) is 69.7 Å². The van der Waals surface area contributed by atoms with Gasteiger partial charge in [0.2, 0.25) is 10.0 Å². The summed E-state index contributed by atoms with van der Waals surface area (Å²) in [6, 6.07) is 8.92. The highest BCUT2D eigenvalue weighted by molar-refractivity contribution is 7.89. The van der Waals surface area contributed by atoms with Crippen LogP contribution < -0.4 is 4.72 Å². The first kappa shape index (κ1) is 22.0. The van der Waals surface area contributed by atoms with Gasteiger partial charge in [0.05, 0.1) is 10.5 Å². The largest absolute Gasteiger partial charge is 0.336 e. The van der Waals surface area contributed by atoms with Gasteiger partial charge in [0.25, 0.3) is 5.91 Å². The van der Waals surface area contributed by atoms with Crippen LogP contribution in [0.1, 0.15) is 36.7 Å². The maximum Gasteiger partial charge on any atom is 0.254 e. The fourth-order valence-corrected chi connectivity index (χ4v) is 4.95. The third kappa shape index (κ3) is 5.66. The van der Waals surface area contributed by atoms with Crippen LogP contribution in [-0.2, 0) is 15.4 Å². The molecule has 0 atom stereocenters. The number of amides is 1. The Bertz CT molecular complexity index is 909. The Hall–Kier alpha value is -1.74. The molecule has 0 spiro atoms. The molecule has 6 nitrogen and oxygen atoms in total. The van der Waals surface area contributed by atoms with Crippen molar-refractivity contribution in [2.24, 2.45) is 0 Å². The monoisotopic (exact) mass is 435 g/mol. The van der Waals surface area contributed by atoms with Gasteiger partial charge in [-0.2, -0.15) is 11.3 Å². The number of carbonyl (C=O) groups excluding carboxylic acids is 1. The Kier molecular flexibility index (Phi) is 6.78. The summed E-state index contributed by atoms with van der Waals surface area (Å²) >= 11 is 1.52. The predicted octanol–water partition coefficient (Wildman–Crippen LogP) is 2.78. The molecule has 1 saturated heterocycles. The van der Waals surface area contributed by atoms with E-state index < -0.39 is 10.0 Å². The standard InChI is InChI=1S/C21H29N3O3S2/c1-21(2,3)18-4-6-19(7-5-18)29(26,27)22-9-10-23-11-13-24(14-12-23)20(25)17-8-15-28-16-17/h4-8,15-16,22H,9-14H2,1-3H3. The van der Waals surface area contributed by atoms with Crippen molar-refractivity contribution in [3.63, 3.8) is 0 Å². The Morgan fingerprint density at radius 2 is 1.72 bits per heavy atom. The number of sulfonamides is 1. The number of hydrogen-bond donors (Lipinski definition) is 1. The molecule has 0 bridgehead atoms. The summed E-state index contributed by atoms with van der Waals surface area (Å²) < 4.78 is 27.7. The molecule has 3 rings (SSSR count). The molecule has 0 unspecified atom stereocenters. The summed E-state index contributed by atoms with van der Waals surface area (Å²) in [6.07, 6.45) is 0. The first-order valence-electron chi connectivity index (χ1n) is 9.81. The molecule has 0 aliphatic carbocycles. The van der Waals surface area contributed by atoms with Crippen LogP contribution in [0.15, 0.2) is 46.0 Å². The van der Waals surface area contributed by atoms with E-state index in [9.17, 15) is 13.2 Å². The number of benzene rings is 1. The molecule has 2 heterocycles. The van der Waals surface area contributed by atoms with Crippen molar-refractivity contribution in [1.29, 1.82) is 0 Å². The van der Waals surface area contributed by atoms with E-state index in [2.05, 4.69) is 30.4 Å². The van der Waals surface area contributed by atoms with Crippen LogP contribution in [0.4, 0.5) is 0 Å². The fourth-order valence-electron chi connectivity index (χ4n) is 3.30. The Morgan fingerprint density at radius 1 is 1.07 bits per heavy atom. The second-order valence-electron chi connectivity index (χ2n) is 8.32. The molecule has 29 heavy (non-hydrogen) atoms. The van der Waals surface area contributed by atoms with Gasteiger partial charge in [-0.1, -0.05) is 32.9 Å². The van der Waals surface area contributed by atoms with Crippen molar-refractivity contribution in [1.82, 2.24) is 14.5 Å². The van der Waals surface area contributed by atoms with Crippen molar-refractivity contribution < 1.29 is 13.2 Å². The van der Waals surface area contributed by atoms with E-state index >= 15 is 0 Å². The van der Waals surface area contributed by atoms with E-state index in [-0.39, 0.29) is 16.2 Å². The van der Waals surface area contributed by atoms with Crippen molar-refractivity contribution in [2.45, 2.75) is 31.1 Å². The maximum absolute atomic E-state index is 12.5. The Morgan fingerprint density at radius 3 is 2.28 bits per heavy atom. The van der Waals surface area contributed by atoms with Gasteiger partial charge in [-0.05, 0) is 34.6 Å². The first-order valence-corrected chi connectivity index (χ1v) is 12.2. The number of piperazine rings is 1. The fraction of sp³-hybridized carbons (Fsp3) is 0.476. The minimum absolute atomic E-state index is 0.0112. The van der Waals surface area contributed by atoms with Gasteiger partial charge in [-0.15, -0.1) is 0 Å². The van der Waals surface area contributed by atoms with Crippen LogP contribution in [0.2, 0.25) is 0 Å². The zero-order chi connectivity index (χ0) is 21.1. The minimum Gasteiger partial charge on any atom is -0.336 e. The molecular formula is C21H29N3O3S2. The summed E-state index contributed by atoms with van der Waals surface area (Å²) in [6.45, 7) is 10.1. The van der Waals surface area contributed by atoms with Crippen LogP contribution in [0.3, 0.4) is 0 Å². The molecule has 2 aromatic rings. The summed E-state index contributed by atoms with van der Waals surface area (Å²) in [5.41, 5.74) is 1.84. The molecular weight excluding hydrogens is 406 g/mol. The second-order valence-corrected chi connectivity index (χ2v) is 10.9. The Labute approximate surface area is 177 Å². The Balaban J connectivity index is 1.46. The molecule has 0 radical (unpaired) electrons. The predicted molar refractivity (Wildman–Crippen MR) is 117 cm³/mol. The number of rotatable bonds is 6. The van der Waals surface area contributed by atoms with E-state index in [1.807, 2.05) is 33.9 Å². The molecule has 0 saturated carbocycles. The lowest BCUT2D eigenvalue weighted by Gasteiger charge is -2.34. The molecule has 1 aliphatic heterocycles. The average molecular weight is 436 g/mol. The summed E-state index contributed by atoms with van der Waals surface area (Å²) in [4.78, 5) is 16.7. The lowest BCUT2D eigenvalue weighted by Crippen LogP contribution is -2.50. The van der Waals surface area contributed by atoms with Crippen LogP contribution in [0.5, 0.6) is 0 Å². The highest BCUT2D eigenvalue weighted by Gasteiger charge is 2.23. The average Bonchev–Trinajstić information content (AvgIpc) is 3.22. The van der Waals surface area contributed by atoms with Gasteiger partial charge in [0.1, 0.15) is 0 Å². The second kappa shape index (κ2) is 8.95. The van der Waals surface area contributed by atoms with Crippen molar-refractivity contribution in [3.05, 3.63) is 52.2 Å². The third-order valence-corrected chi connectivity index (χ3v) is 7.34.